The molecule has 1 aliphatic rings. The van der Waals surface area contributed by atoms with Crippen molar-refractivity contribution in [1.82, 2.24) is 0 Å². The molecule has 130 valence electrons. The molecule has 1 heterocycles. The van der Waals surface area contributed by atoms with E-state index in [4.69, 9.17) is 18.4 Å². The molecule has 0 aliphatic carbocycles. The lowest BCUT2D eigenvalue weighted by molar-refractivity contribution is -0.201. The van der Waals surface area contributed by atoms with Crippen molar-refractivity contribution < 1.29 is 26.8 Å². The third kappa shape index (κ3) is 5.86. The molecule has 1 aromatic carbocycles. The summed E-state index contributed by atoms with van der Waals surface area (Å²) in [5.41, 5.74) is 0.985. The van der Waals surface area contributed by atoms with Crippen molar-refractivity contribution in [3.8, 4) is 0 Å². The molecule has 0 aromatic heterocycles. The average molecular weight is 344 g/mol. The maximum Gasteiger partial charge on any atom is 0.297 e. The highest BCUT2D eigenvalue weighted by atomic mass is 32.2. The highest BCUT2D eigenvalue weighted by Crippen LogP contribution is 2.18. The van der Waals surface area contributed by atoms with Crippen molar-refractivity contribution in [3.63, 3.8) is 0 Å². The Bertz CT molecular complexity index is 563. The van der Waals surface area contributed by atoms with Gasteiger partial charge in [0.05, 0.1) is 18.1 Å². The van der Waals surface area contributed by atoms with Crippen LogP contribution in [0.1, 0.15) is 24.8 Å². The van der Waals surface area contributed by atoms with Crippen molar-refractivity contribution in [3.05, 3.63) is 29.8 Å². The van der Waals surface area contributed by atoms with E-state index in [0.29, 0.717) is 6.61 Å². The molecule has 0 spiro atoms. The normalized spacial score (nSPS) is 20.3. The Morgan fingerprint density at radius 3 is 2.57 bits per heavy atom. The summed E-state index contributed by atoms with van der Waals surface area (Å²) in [6.07, 6.45) is 2.03. The Hall–Kier alpha value is -0.990. The second-order valence-electron chi connectivity index (χ2n) is 5.56. The van der Waals surface area contributed by atoms with E-state index in [1.54, 1.807) is 12.1 Å². The van der Waals surface area contributed by atoms with Gasteiger partial charge in [-0.05, 0) is 38.3 Å². The lowest BCUT2D eigenvalue weighted by Gasteiger charge is -2.27. The Labute approximate surface area is 137 Å². The standard InChI is InChI=1S/C16H24O6S/c1-13-6-8-15(9-7-13)23(17,18)21-12-14(11-19-2)22-16-5-3-4-10-20-16/h6-9,14,16H,3-5,10-12H2,1-2H3. The molecule has 1 aliphatic heterocycles. The molecule has 0 saturated carbocycles. The fourth-order valence-corrected chi connectivity index (χ4v) is 3.22. The Morgan fingerprint density at radius 1 is 1.22 bits per heavy atom. The quantitative estimate of drug-likeness (QED) is 0.674. The monoisotopic (exact) mass is 344 g/mol. The summed E-state index contributed by atoms with van der Waals surface area (Å²) in [7, 11) is -2.27. The van der Waals surface area contributed by atoms with Gasteiger partial charge in [-0.25, -0.2) is 0 Å². The molecule has 1 saturated heterocycles. The van der Waals surface area contributed by atoms with Crippen molar-refractivity contribution in [2.75, 3.05) is 26.9 Å². The van der Waals surface area contributed by atoms with Crippen LogP contribution in [0.5, 0.6) is 0 Å². The fraction of sp³-hybridized carbons (Fsp3) is 0.625. The van der Waals surface area contributed by atoms with Crippen molar-refractivity contribution in [2.24, 2.45) is 0 Å². The summed E-state index contributed by atoms with van der Waals surface area (Å²) in [6.45, 7) is 2.68. The van der Waals surface area contributed by atoms with Crippen LogP contribution in [0.4, 0.5) is 0 Å². The summed E-state index contributed by atoms with van der Waals surface area (Å²) in [6, 6.07) is 6.52. The maximum absolute atomic E-state index is 12.2. The van der Waals surface area contributed by atoms with Gasteiger partial charge in [-0.15, -0.1) is 0 Å². The minimum absolute atomic E-state index is 0.107. The number of benzene rings is 1. The molecule has 2 atom stereocenters. The molecule has 1 fully saturated rings. The molecule has 2 rings (SSSR count). The molecular weight excluding hydrogens is 320 g/mol. The summed E-state index contributed by atoms with van der Waals surface area (Å²) < 4.78 is 45.8. The number of hydrogen-bond acceptors (Lipinski definition) is 6. The van der Waals surface area contributed by atoms with Crippen LogP contribution in [0.3, 0.4) is 0 Å². The molecular formula is C16H24O6S. The zero-order chi connectivity index (χ0) is 16.7. The first-order valence-corrected chi connectivity index (χ1v) is 9.14. The van der Waals surface area contributed by atoms with Gasteiger partial charge in [0, 0.05) is 13.7 Å². The fourth-order valence-electron chi connectivity index (χ4n) is 2.28. The average Bonchev–Trinajstić information content (AvgIpc) is 2.54. The van der Waals surface area contributed by atoms with Gasteiger partial charge in [0.2, 0.25) is 0 Å². The highest BCUT2D eigenvalue weighted by Gasteiger charge is 2.23. The zero-order valence-electron chi connectivity index (χ0n) is 13.6. The molecule has 7 heteroatoms. The van der Waals surface area contributed by atoms with E-state index in [9.17, 15) is 8.42 Å². The van der Waals surface area contributed by atoms with E-state index in [1.807, 2.05) is 6.92 Å². The number of ether oxygens (including phenoxy) is 3. The molecule has 0 radical (unpaired) electrons. The van der Waals surface area contributed by atoms with Crippen LogP contribution in [0, 0.1) is 6.92 Å². The van der Waals surface area contributed by atoms with E-state index in [-0.39, 0.29) is 24.4 Å². The Balaban J connectivity index is 1.92. The van der Waals surface area contributed by atoms with E-state index in [0.717, 1.165) is 24.8 Å². The minimum atomic E-state index is -3.81. The lowest BCUT2D eigenvalue weighted by atomic mass is 10.2. The maximum atomic E-state index is 12.2. The number of aryl methyl sites for hydroxylation is 1. The largest absolute Gasteiger partial charge is 0.382 e. The summed E-state index contributed by atoms with van der Waals surface area (Å²) in [4.78, 5) is 0.133. The van der Waals surface area contributed by atoms with E-state index >= 15 is 0 Å². The zero-order valence-corrected chi connectivity index (χ0v) is 14.4. The van der Waals surface area contributed by atoms with Crippen LogP contribution in [0.2, 0.25) is 0 Å². The van der Waals surface area contributed by atoms with Crippen LogP contribution in [-0.2, 0) is 28.5 Å². The third-order valence-corrected chi connectivity index (χ3v) is 4.85. The molecule has 1 aromatic rings. The predicted octanol–water partition coefficient (Wildman–Crippen LogP) is 2.26. The van der Waals surface area contributed by atoms with Gasteiger partial charge < -0.3 is 14.2 Å². The van der Waals surface area contributed by atoms with E-state index in [1.165, 1.54) is 19.2 Å². The minimum Gasteiger partial charge on any atom is -0.382 e. The van der Waals surface area contributed by atoms with E-state index < -0.39 is 16.2 Å². The number of rotatable bonds is 8. The third-order valence-electron chi connectivity index (χ3n) is 3.55. The van der Waals surface area contributed by atoms with Crippen molar-refractivity contribution in [2.45, 2.75) is 43.5 Å². The SMILES string of the molecule is COCC(COS(=O)(=O)c1ccc(C)cc1)OC1CCCCO1. The molecule has 2 unspecified atom stereocenters. The molecule has 6 nitrogen and oxygen atoms in total. The Morgan fingerprint density at radius 2 is 1.96 bits per heavy atom. The summed E-state index contributed by atoms with van der Waals surface area (Å²) in [5.74, 6) is 0. The number of hydrogen-bond donors (Lipinski definition) is 0. The first-order valence-electron chi connectivity index (χ1n) is 7.73. The predicted molar refractivity (Wildman–Crippen MR) is 84.7 cm³/mol. The van der Waals surface area contributed by atoms with Gasteiger partial charge in [-0.2, -0.15) is 8.42 Å². The molecule has 0 bridgehead atoms. The smallest absolute Gasteiger partial charge is 0.297 e. The second kappa shape index (κ2) is 8.75. The lowest BCUT2D eigenvalue weighted by Crippen LogP contribution is -2.34. The van der Waals surface area contributed by atoms with Crippen LogP contribution >= 0.6 is 0 Å². The number of methoxy groups -OCH3 is 1. The van der Waals surface area contributed by atoms with Gasteiger partial charge in [0.25, 0.3) is 10.1 Å². The van der Waals surface area contributed by atoms with Crippen LogP contribution < -0.4 is 0 Å². The van der Waals surface area contributed by atoms with Gasteiger partial charge in [0.1, 0.15) is 6.10 Å². The topological polar surface area (TPSA) is 71.1 Å². The molecule has 0 amide bonds. The van der Waals surface area contributed by atoms with Crippen LogP contribution in [-0.4, -0.2) is 47.7 Å². The van der Waals surface area contributed by atoms with Crippen LogP contribution in [0.25, 0.3) is 0 Å². The van der Waals surface area contributed by atoms with Crippen molar-refractivity contribution >= 4 is 10.1 Å². The van der Waals surface area contributed by atoms with Crippen molar-refractivity contribution in [1.29, 1.82) is 0 Å². The summed E-state index contributed by atoms with van der Waals surface area (Å²) >= 11 is 0. The van der Waals surface area contributed by atoms with Gasteiger partial charge >= 0.3 is 0 Å². The van der Waals surface area contributed by atoms with Gasteiger partial charge in [0.15, 0.2) is 6.29 Å². The molecule has 0 N–H and O–H groups in total. The van der Waals surface area contributed by atoms with Gasteiger partial charge in [-0.1, -0.05) is 17.7 Å². The van der Waals surface area contributed by atoms with E-state index in [2.05, 4.69) is 0 Å². The molecule has 23 heavy (non-hydrogen) atoms. The Kier molecular flexibility index (Phi) is 6.98. The highest BCUT2D eigenvalue weighted by molar-refractivity contribution is 7.86. The van der Waals surface area contributed by atoms with Gasteiger partial charge in [-0.3, -0.25) is 4.18 Å². The first-order chi connectivity index (χ1) is 11.0. The summed E-state index contributed by atoms with van der Waals surface area (Å²) in [5, 5.41) is 0. The van der Waals surface area contributed by atoms with Crippen LogP contribution in [0.15, 0.2) is 29.2 Å². The first kappa shape index (κ1) is 18.4. The second-order valence-corrected chi connectivity index (χ2v) is 7.18.